The first-order valence-electron chi connectivity index (χ1n) is 9.14. The first-order chi connectivity index (χ1) is 12.7. The number of likely N-dealkylation sites (tertiary alicyclic amines) is 2. The molecule has 27 heavy (non-hydrogen) atoms. The van der Waals surface area contributed by atoms with E-state index in [4.69, 9.17) is 5.73 Å². The molecule has 2 N–H and O–H groups in total. The third-order valence-electron chi connectivity index (χ3n) is 5.69. The second-order valence-electron chi connectivity index (χ2n) is 7.39. The summed E-state index contributed by atoms with van der Waals surface area (Å²) in [6, 6.07) is 4.19. The van der Waals surface area contributed by atoms with Gasteiger partial charge in [0.05, 0.1) is 17.5 Å². The van der Waals surface area contributed by atoms with Crippen LogP contribution >= 0.6 is 0 Å². The molecule has 0 spiro atoms. The summed E-state index contributed by atoms with van der Waals surface area (Å²) < 4.78 is 38.5. The van der Waals surface area contributed by atoms with Crippen molar-refractivity contribution in [3.8, 4) is 0 Å². The van der Waals surface area contributed by atoms with Crippen LogP contribution < -0.4 is 5.73 Å². The third kappa shape index (κ3) is 3.95. The van der Waals surface area contributed by atoms with Crippen molar-refractivity contribution in [2.45, 2.75) is 31.5 Å². The third-order valence-corrected chi connectivity index (χ3v) is 5.69. The molecule has 2 aliphatic rings. The second-order valence-corrected chi connectivity index (χ2v) is 7.39. The van der Waals surface area contributed by atoms with Crippen LogP contribution in [0.5, 0.6) is 0 Å². The van der Waals surface area contributed by atoms with E-state index < -0.39 is 23.7 Å². The lowest BCUT2D eigenvalue weighted by Gasteiger charge is -2.40. The van der Waals surface area contributed by atoms with Crippen LogP contribution in [0.3, 0.4) is 0 Å². The maximum Gasteiger partial charge on any atom is 0.416 e. The lowest BCUT2D eigenvalue weighted by atomic mass is 9.83. The second kappa shape index (κ2) is 7.50. The Bertz CT molecular complexity index is 705. The summed E-state index contributed by atoms with van der Waals surface area (Å²) in [4.78, 5) is 28.6. The van der Waals surface area contributed by atoms with Gasteiger partial charge in [-0.15, -0.1) is 0 Å². The SMILES string of the molecule is CN1C(=O)CC[C@H](C(=O)N2CC[C@@H](CN)C2)[C@@H]1c1ccc(C(F)(F)F)cc1. The number of nitrogens with two attached hydrogens (primary N) is 1. The number of amides is 2. The number of rotatable bonds is 3. The Kier molecular flexibility index (Phi) is 5.46. The van der Waals surface area contributed by atoms with Crippen molar-refractivity contribution in [3.05, 3.63) is 35.4 Å². The molecule has 2 fully saturated rings. The van der Waals surface area contributed by atoms with Crippen LogP contribution in [0.15, 0.2) is 24.3 Å². The van der Waals surface area contributed by atoms with E-state index in [1.54, 1.807) is 11.9 Å². The molecule has 0 aliphatic carbocycles. The van der Waals surface area contributed by atoms with Gasteiger partial charge in [-0.05, 0) is 43.0 Å². The smallest absolute Gasteiger partial charge is 0.342 e. The van der Waals surface area contributed by atoms with Crippen LogP contribution in [0.2, 0.25) is 0 Å². The zero-order valence-corrected chi connectivity index (χ0v) is 15.2. The monoisotopic (exact) mass is 383 g/mol. The molecule has 148 valence electrons. The fourth-order valence-corrected chi connectivity index (χ4v) is 4.08. The van der Waals surface area contributed by atoms with E-state index in [-0.39, 0.29) is 24.2 Å². The molecule has 3 atom stereocenters. The Morgan fingerprint density at radius 3 is 2.44 bits per heavy atom. The Balaban J connectivity index is 1.86. The maximum atomic E-state index is 13.1. The molecular formula is C19H24F3N3O2. The maximum absolute atomic E-state index is 13.1. The highest BCUT2D eigenvalue weighted by Crippen LogP contribution is 2.39. The Morgan fingerprint density at radius 2 is 1.89 bits per heavy atom. The number of hydrogen-bond donors (Lipinski definition) is 1. The molecule has 0 saturated carbocycles. The minimum atomic E-state index is -4.42. The summed E-state index contributed by atoms with van der Waals surface area (Å²) >= 11 is 0. The van der Waals surface area contributed by atoms with Crippen molar-refractivity contribution in [1.29, 1.82) is 0 Å². The number of nitrogens with zero attached hydrogens (tertiary/aromatic N) is 2. The molecule has 3 rings (SSSR count). The average molecular weight is 383 g/mol. The standard InChI is InChI=1S/C19H24F3N3O2/c1-24-16(26)7-6-15(18(27)25-9-8-12(10-23)11-25)17(24)13-2-4-14(5-3-13)19(20,21)22/h2-5,12,15,17H,6-11,23H2,1H3/t12-,15-,17-/m0/s1. The van der Waals surface area contributed by atoms with Gasteiger partial charge in [0.15, 0.2) is 0 Å². The topological polar surface area (TPSA) is 66.6 Å². The molecule has 2 saturated heterocycles. The molecule has 8 heteroatoms. The van der Waals surface area contributed by atoms with Crippen molar-refractivity contribution in [3.63, 3.8) is 0 Å². The summed E-state index contributed by atoms with van der Waals surface area (Å²) in [5, 5.41) is 0. The number of halogens is 3. The van der Waals surface area contributed by atoms with Gasteiger partial charge >= 0.3 is 6.18 Å². The van der Waals surface area contributed by atoms with Crippen LogP contribution in [0.4, 0.5) is 13.2 Å². The van der Waals surface area contributed by atoms with Gasteiger partial charge in [0, 0.05) is 26.6 Å². The normalized spacial score (nSPS) is 26.6. The van der Waals surface area contributed by atoms with E-state index in [0.717, 1.165) is 18.6 Å². The zero-order chi connectivity index (χ0) is 19.8. The minimum Gasteiger partial charge on any atom is -0.342 e. The molecular weight excluding hydrogens is 359 g/mol. The van der Waals surface area contributed by atoms with Crippen molar-refractivity contribution in [2.75, 3.05) is 26.7 Å². The molecule has 5 nitrogen and oxygen atoms in total. The van der Waals surface area contributed by atoms with E-state index in [1.807, 2.05) is 0 Å². The van der Waals surface area contributed by atoms with Gasteiger partial charge in [-0.1, -0.05) is 12.1 Å². The van der Waals surface area contributed by atoms with Crippen LogP contribution in [0.1, 0.15) is 36.4 Å². The molecule has 2 heterocycles. The molecule has 0 unspecified atom stereocenters. The molecule has 2 aliphatic heterocycles. The van der Waals surface area contributed by atoms with Crippen molar-refractivity contribution in [2.24, 2.45) is 17.6 Å². The molecule has 0 bridgehead atoms. The number of hydrogen-bond acceptors (Lipinski definition) is 3. The number of carbonyl (C=O) groups is 2. The lowest BCUT2D eigenvalue weighted by molar-refractivity contribution is -0.146. The number of carbonyl (C=O) groups excluding carboxylic acids is 2. The highest BCUT2D eigenvalue weighted by molar-refractivity contribution is 5.85. The van der Waals surface area contributed by atoms with Gasteiger partial charge in [-0.2, -0.15) is 13.2 Å². The summed E-state index contributed by atoms with van der Waals surface area (Å²) in [6.07, 6.45) is -2.90. The van der Waals surface area contributed by atoms with Crippen molar-refractivity contribution in [1.82, 2.24) is 9.80 Å². The molecule has 0 radical (unpaired) electrons. The van der Waals surface area contributed by atoms with Gasteiger partial charge in [0.2, 0.25) is 11.8 Å². The number of piperidine rings is 1. The molecule has 1 aromatic rings. The molecule has 0 aromatic heterocycles. The van der Waals surface area contributed by atoms with Crippen LogP contribution in [0, 0.1) is 11.8 Å². The fraction of sp³-hybridized carbons (Fsp3) is 0.579. The average Bonchev–Trinajstić information content (AvgIpc) is 3.12. The van der Waals surface area contributed by atoms with E-state index in [9.17, 15) is 22.8 Å². The van der Waals surface area contributed by atoms with Gasteiger partial charge in [0.25, 0.3) is 0 Å². The first-order valence-corrected chi connectivity index (χ1v) is 9.14. The van der Waals surface area contributed by atoms with E-state index in [0.29, 0.717) is 31.6 Å². The predicted molar refractivity (Wildman–Crippen MR) is 93.4 cm³/mol. The Hall–Kier alpha value is -2.09. The fourth-order valence-electron chi connectivity index (χ4n) is 4.08. The van der Waals surface area contributed by atoms with Gasteiger partial charge in [-0.3, -0.25) is 9.59 Å². The van der Waals surface area contributed by atoms with Crippen LogP contribution in [-0.4, -0.2) is 48.3 Å². The van der Waals surface area contributed by atoms with Gasteiger partial charge < -0.3 is 15.5 Å². The summed E-state index contributed by atoms with van der Waals surface area (Å²) in [7, 11) is 1.61. The largest absolute Gasteiger partial charge is 0.416 e. The highest BCUT2D eigenvalue weighted by atomic mass is 19.4. The van der Waals surface area contributed by atoms with E-state index in [1.165, 1.54) is 17.0 Å². The highest BCUT2D eigenvalue weighted by Gasteiger charge is 2.42. The van der Waals surface area contributed by atoms with Gasteiger partial charge in [-0.25, -0.2) is 0 Å². The van der Waals surface area contributed by atoms with Crippen molar-refractivity contribution < 1.29 is 22.8 Å². The Labute approximate surface area is 156 Å². The van der Waals surface area contributed by atoms with Gasteiger partial charge in [0.1, 0.15) is 0 Å². The van der Waals surface area contributed by atoms with E-state index in [2.05, 4.69) is 0 Å². The number of alkyl halides is 3. The van der Waals surface area contributed by atoms with Crippen molar-refractivity contribution >= 4 is 11.8 Å². The first kappa shape index (κ1) is 19.7. The Morgan fingerprint density at radius 1 is 1.22 bits per heavy atom. The van der Waals surface area contributed by atoms with Crippen LogP contribution in [0.25, 0.3) is 0 Å². The van der Waals surface area contributed by atoms with E-state index >= 15 is 0 Å². The summed E-state index contributed by atoms with van der Waals surface area (Å²) in [5.41, 5.74) is 5.50. The van der Waals surface area contributed by atoms with Crippen LogP contribution in [-0.2, 0) is 15.8 Å². The number of benzene rings is 1. The zero-order valence-electron chi connectivity index (χ0n) is 15.2. The minimum absolute atomic E-state index is 0.0461. The lowest BCUT2D eigenvalue weighted by Crippen LogP contribution is -2.47. The summed E-state index contributed by atoms with van der Waals surface area (Å²) in [5.74, 6) is -0.331. The predicted octanol–water partition coefficient (Wildman–Crippen LogP) is 2.42. The molecule has 1 aromatic carbocycles. The summed E-state index contributed by atoms with van der Waals surface area (Å²) in [6.45, 7) is 1.76. The quantitative estimate of drug-likeness (QED) is 0.872. The molecule has 2 amide bonds.